The second kappa shape index (κ2) is 8.98. The van der Waals surface area contributed by atoms with Gasteiger partial charge in [-0.2, -0.15) is 0 Å². The largest absolute Gasteiger partial charge is 0.356 e. The highest BCUT2D eigenvalue weighted by Gasteiger charge is 2.24. The number of para-hydroxylation sites is 1. The first-order chi connectivity index (χ1) is 13.5. The summed E-state index contributed by atoms with van der Waals surface area (Å²) in [6, 6.07) is 13.4. The lowest BCUT2D eigenvalue weighted by Gasteiger charge is -2.26. The molecule has 8 heteroatoms. The minimum atomic E-state index is -0.417. The number of hydrogen-bond acceptors (Lipinski definition) is 3. The Bertz CT molecular complexity index is 900. The molecule has 0 saturated heterocycles. The fourth-order valence-electron chi connectivity index (χ4n) is 3.06. The van der Waals surface area contributed by atoms with Gasteiger partial charge in [-0.25, -0.2) is 4.39 Å². The standard InChI is InChI=1S/C20H22FN5O2/c1-22-20(24-12-19(28)25-15-6-4-5-14(21)10-15)23-11-13-9-18(27)26-17-8-3-2-7-16(13)17/h2-8,10,13H,9,11-12H2,1H3,(H,25,28)(H,26,27)(H2,22,23,24). The molecule has 4 N–H and O–H groups in total. The smallest absolute Gasteiger partial charge is 0.243 e. The molecule has 0 aliphatic carbocycles. The van der Waals surface area contributed by atoms with Crippen LogP contribution in [0, 0.1) is 5.82 Å². The highest BCUT2D eigenvalue weighted by Crippen LogP contribution is 2.31. The van der Waals surface area contributed by atoms with Crippen LogP contribution in [0.3, 0.4) is 0 Å². The summed E-state index contributed by atoms with van der Waals surface area (Å²) >= 11 is 0. The van der Waals surface area contributed by atoms with Crippen molar-refractivity contribution >= 4 is 29.1 Å². The Labute approximate surface area is 162 Å². The highest BCUT2D eigenvalue weighted by molar-refractivity contribution is 5.96. The third-order valence-corrected chi connectivity index (χ3v) is 4.37. The molecule has 2 aromatic carbocycles. The van der Waals surface area contributed by atoms with E-state index in [4.69, 9.17) is 0 Å². The summed E-state index contributed by atoms with van der Waals surface area (Å²) in [4.78, 5) is 28.0. The number of fused-ring (bicyclic) bond motifs is 1. The maximum absolute atomic E-state index is 13.2. The van der Waals surface area contributed by atoms with E-state index < -0.39 is 5.82 Å². The normalized spacial score (nSPS) is 16.0. The number of anilines is 2. The lowest BCUT2D eigenvalue weighted by atomic mass is 9.90. The molecule has 1 heterocycles. The van der Waals surface area contributed by atoms with Crippen molar-refractivity contribution < 1.29 is 14.0 Å². The van der Waals surface area contributed by atoms with E-state index >= 15 is 0 Å². The lowest BCUT2D eigenvalue weighted by molar-refractivity contribution is -0.117. The van der Waals surface area contributed by atoms with Gasteiger partial charge in [0.2, 0.25) is 11.8 Å². The molecule has 1 aliphatic heterocycles. The summed E-state index contributed by atoms with van der Waals surface area (Å²) in [6.07, 6.45) is 0.376. The number of benzene rings is 2. The molecule has 1 aliphatic rings. The average Bonchev–Trinajstić information content (AvgIpc) is 2.67. The van der Waals surface area contributed by atoms with Gasteiger partial charge >= 0.3 is 0 Å². The van der Waals surface area contributed by atoms with Crippen molar-refractivity contribution in [2.45, 2.75) is 12.3 Å². The van der Waals surface area contributed by atoms with Crippen LogP contribution in [-0.4, -0.2) is 37.9 Å². The van der Waals surface area contributed by atoms with E-state index in [0.29, 0.717) is 24.6 Å². The number of nitrogens with one attached hydrogen (secondary N) is 4. The summed E-state index contributed by atoms with van der Waals surface area (Å²) in [5.41, 5.74) is 2.27. The fourth-order valence-corrected chi connectivity index (χ4v) is 3.06. The number of rotatable bonds is 5. The predicted molar refractivity (Wildman–Crippen MR) is 107 cm³/mol. The number of aliphatic imine (C=N–C) groups is 1. The first-order valence-electron chi connectivity index (χ1n) is 8.94. The average molecular weight is 383 g/mol. The summed E-state index contributed by atoms with van der Waals surface area (Å²) in [6.45, 7) is 0.466. The van der Waals surface area contributed by atoms with Crippen molar-refractivity contribution in [3.05, 3.63) is 59.9 Å². The van der Waals surface area contributed by atoms with Crippen LogP contribution in [0.4, 0.5) is 15.8 Å². The van der Waals surface area contributed by atoms with Crippen molar-refractivity contribution in [1.82, 2.24) is 10.6 Å². The van der Waals surface area contributed by atoms with E-state index in [1.165, 1.54) is 18.2 Å². The summed E-state index contributed by atoms with van der Waals surface area (Å²) in [5, 5.41) is 11.5. The molecule has 0 spiro atoms. The molecule has 2 aromatic rings. The molecule has 1 atom stereocenters. The van der Waals surface area contributed by atoms with Gasteiger partial charge in [0.15, 0.2) is 5.96 Å². The van der Waals surface area contributed by atoms with E-state index in [-0.39, 0.29) is 24.3 Å². The van der Waals surface area contributed by atoms with Gasteiger partial charge in [-0.05, 0) is 29.8 Å². The van der Waals surface area contributed by atoms with Gasteiger partial charge in [-0.1, -0.05) is 24.3 Å². The summed E-state index contributed by atoms with van der Waals surface area (Å²) in [5.74, 6) is -0.318. The van der Waals surface area contributed by atoms with Gasteiger partial charge in [0.1, 0.15) is 5.82 Å². The number of amides is 2. The van der Waals surface area contributed by atoms with Gasteiger partial charge in [0.05, 0.1) is 6.54 Å². The lowest BCUT2D eigenvalue weighted by Crippen LogP contribution is -2.43. The molecule has 3 rings (SSSR count). The van der Waals surface area contributed by atoms with Crippen LogP contribution in [0.15, 0.2) is 53.5 Å². The molecule has 2 amide bonds. The van der Waals surface area contributed by atoms with E-state index in [1.54, 1.807) is 13.1 Å². The Morgan fingerprint density at radius 3 is 2.82 bits per heavy atom. The summed E-state index contributed by atoms with van der Waals surface area (Å²) in [7, 11) is 1.60. The van der Waals surface area contributed by atoms with Crippen LogP contribution in [0.25, 0.3) is 0 Å². The second-order valence-electron chi connectivity index (χ2n) is 6.40. The molecule has 0 saturated carbocycles. The van der Waals surface area contributed by atoms with E-state index in [1.807, 2.05) is 24.3 Å². The molecule has 0 radical (unpaired) electrons. The minimum absolute atomic E-state index is 0.00428. The van der Waals surface area contributed by atoms with Gasteiger partial charge in [0.25, 0.3) is 0 Å². The maximum atomic E-state index is 13.2. The van der Waals surface area contributed by atoms with Gasteiger partial charge in [0, 0.05) is 37.3 Å². The highest BCUT2D eigenvalue weighted by atomic mass is 19.1. The monoisotopic (exact) mass is 383 g/mol. The zero-order valence-electron chi connectivity index (χ0n) is 15.5. The molecule has 7 nitrogen and oxygen atoms in total. The topological polar surface area (TPSA) is 94.6 Å². The summed E-state index contributed by atoms with van der Waals surface area (Å²) < 4.78 is 13.2. The number of hydrogen-bond donors (Lipinski definition) is 4. The van der Waals surface area contributed by atoms with E-state index in [2.05, 4.69) is 26.3 Å². The molecular formula is C20H22FN5O2. The number of guanidine groups is 1. The number of nitrogens with zero attached hydrogens (tertiary/aromatic N) is 1. The predicted octanol–water partition coefficient (Wildman–Crippen LogP) is 2.06. The molecule has 28 heavy (non-hydrogen) atoms. The Morgan fingerprint density at radius 1 is 1.21 bits per heavy atom. The van der Waals surface area contributed by atoms with E-state index in [9.17, 15) is 14.0 Å². The third kappa shape index (κ3) is 5.06. The number of carbonyl (C=O) groups excluding carboxylic acids is 2. The zero-order valence-corrected chi connectivity index (χ0v) is 15.5. The third-order valence-electron chi connectivity index (χ3n) is 4.37. The molecule has 0 bridgehead atoms. The minimum Gasteiger partial charge on any atom is -0.356 e. The van der Waals surface area contributed by atoms with Gasteiger partial charge in [-0.15, -0.1) is 0 Å². The first kappa shape index (κ1) is 19.3. The van der Waals surface area contributed by atoms with Crippen molar-refractivity contribution in [1.29, 1.82) is 0 Å². The van der Waals surface area contributed by atoms with Crippen LogP contribution in [0.5, 0.6) is 0 Å². The van der Waals surface area contributed by atoms with Crippen molar-refractivity contribution in [3.8, 4) is 0 Å². The molecule has 146 valence electrons. The number of halogens is 1. The Morgan fingerprint density at radius 2 is 2.04 bits per heavy atom. The Hall–Kier alpha value is -3.42. The van der Waals surface area contributed by atoms with Gasteiger partial charge < -0.3 is 21.3 Å². The Kier molecular flexibility index (Phi) is 6.21. The maximum Gasteiger partial charge on any atom is 0.243 e. The van der Waals surface area contributed by atoms with Crippen molar-refractivity contribution in [3.63, 3.8) is 0 Å². The number of carbonyl (C=O) groups is 2. The van der Waals surface area contributed by atoms with Crippen molar-refractivity contribution in [2.75, 3.05) is 30.8 Å². The first-order valence-corrected chi connectivity index (χ1v) is 8.94. The van der Waals surface area contributed by atoms with Crippen LogP contribution < -0.4 is 21.3 Å². The van der Waals surface area contributed by atoms with Crippen LogP contribution in [-0.2, 0) is 9.59 Å². The molecular weight excluding hydrogens is 361 g/mol. The van der Waals surface area contributed by atoms with Gasteiger partial charge in [-0.3, -0.25) is 14.6 Å². The quantitative estimate of drug-likeness (QED) is 0.470. The Balaban J connectivity index is 1.51. The SMILES string of the molecule is CN=C(NCC(=O)Nc1cccc(F)c1)NCC1CC(=O)Nc2ccccc21. The zero-order chi connectivity index (χ0) is 19.9. The second-order valence-corrected chi connectivity index (χ2v) is 6.40. The van der Waals surface area contributed by atoms with Crippen molar-refractivity contribution in [2.24, 2.45) is 4.99 Å². The van der Waals surface area contributed by atoms with Crippen LogP contribution in [0.2, 0.25) is 0 Å². The van der Waals surface area contributed by atoms with Crippen LogP contribution >= 0.6 is 0 Å². The molecule has 0 aromatic heterocycles. The molecule has 0 fully saturated rings. The molecule has 1 unspecified atom stereocenters. The fraction of sp³-hybridized carbons (Fsp3) is 0.250. The van der Waals surface area contributed by atoms with E-state index in [0.717, 1.165) is 11.3 Å². The van der Waals surface area contributed by atoms with Crippen LogP contribution in [0.1, 0.15) is 17.9 Å².